The molecule has 0 spiro atoms. The summed E-state index contributed by atoms with van der Waals surface area (Å²) >= 11 is 0. The maximum absolute atomic E-state index is 6.50. The molecule has 0 aliphatic heterocycles. The molecule has 0 N–H and O–H groups in total. The van der Waals surface area contributed by atoms with E-state index >= 15 is 0 Å². The van der Waals surface area contributed by atoms with Crippen LogP contribution in [0.1, 0.15) is 38.9 Å². The first-order valence-corrected chi connectivity index (χ1v) is 9.52. The third-order valence-corrected chi connectivity index (χ3v) is 8.28. The van der Waals surface area contributed by atoms with Crippen LogP contribution in [0.5, 0.6) is 0 Å². The Hall–Kier alpha value is -0.863. The third-order valence-electron chi connectivity index (χ3n) is 3.80. The van der Waals surface area contributed by atoms with Crippen molar-refractivity contribution in [2.45, 2.75) is 51.4 Å². The number of hydrogen-bond acceptors (Lipinski definition) is 1. The van der Waals surface area contributed by atoms with E-state index in [1.54, 1.807) is 0 Å². The Balaban J connectivity index is 2.92. The minimum absolute atomic E-state index is 0.143. The zero-order valence-corrected chi connectivity index (χ0v) is 13.4. The van der Waals surface area contributed by atoms with Crippen LogP contribution in [0.2, 0.25) is 18.1 Å². The normalized spacial score (nSPS) is 14.3. The quantitative estimate of drug-likeness (QED) is 0.515. The fourth-order valence-corrected chi connectivity index (χ4v) is 2.90. The SMILES string of the molecule is C=CC[C@H](O[Si](C)(C)C(C)(C)C)c1ccccc1. The van der Waals surface area contributed by atoms with Crippen LogP contribution in [0, 0.1) is 0 Å². The lowest BCUT2D eigenvalue weighted by atomic mass is 10.1. The predicted molar refractivity (Wildman–Crippen MR) is 82.3 cm³/mol. The molecular formula is C16H26OSi. The van der Waals surface area contributed by atoms with Gasteiger partial charge in [-0.3, -0.25) is 0 Å². The molecule has 0 saturated heterocycles. The summed E-state index contributed by atoms with van der Waals surface area (Å²) in [5, 5.41) is 0.237. The minimum atomic E-state index is -1.74. The summed E-state index contributed by atoms with van der Waals surface area (Å²) in [4.78, 5) is 0. The van der Waals surface area contributed by atoms with E-state index in [9.17, 15) is 0 Å². The molecule has 1 nitrogen and oxygen atoms in total. The van der Waals surface area contributed by atoms with Gasteiger partial charge >= 0.3 is 0 Å². The van der Waals surface area contributed by atoms with Crippen molar-refractivity contribution in [3.63, 3.8) is 0 Å². The highest BCUT2D eigenvalue weighted by molar-refractivity contribution is 6.74. The first kappa shape index (κ1) is 15.2. The van der Waals surface area contributed by atoms with Gasteiger partial charge in [-0.1, -0.05) is 57.2 Å². The summed E-state index contributed by atoms with van der Waals surface area (Å²) in [5.74, 6) is 0. The van der Waals surface area contributed by atoms with Gasteiger partial charge in [0.25, 0.3) is 0 Å². The Morgan fingerprint density at radius 3 is 2.22 bits per heavy atom. The van der Waals surface area contributed by atoms with Crippen molar-refractivity contribution in [2.24, 2.45) is 0 Å². The Labute approximate surface area is 113 Å². The van der Waals surface area contributed by atoms with Crippen LogP contribution in [0.3, 0.4) is 0 Å². The Bertz CT molecular complexity index is 376. The summed E-state index contributed by atoms with van der Waals surface area (Å²) in [6.45, 7) is 15.3. The van der Waals surface area contributed by atoms with E-state index in [1.807, 2.05) is 12.1 Å². The van der Waals surface area contributed by atoms with E-state index in [0.717, 1.165) is 6.42 Å². The molecule has 1 aromatic carbocycles. The molecule has 0 aliphatic rings. The highest BCUT2D eigenvalue weighted by atomic mass is 28.4. The molecule has 2 heteroatoms. The van der Waals surface area contributed by atoms with Gasteiger partial charge in [-0.05, 0) is 30.1 Å². The van der Waals surface area contributed by atoms with E-state index in [1.165, 1.54) is 5.56 Å². The van der Waals surface area contributed by atoms with Gasteiger partial charge in [0.2, 0.25) is 0 Å². The zero-order chi connectivity index (χ0) is 13.8. The van der Waals surface area contributed by atoms with Crippen LogP contribution >= 0.6 is 0 Å². The summed E-state index contributed by atoms with van der Waals surface area (Å²) in [6, 6.07) is 10.5. The molecule has 0 heterocycles. The monoisotopic (exact) mass is 262 g/mol. The number of hydrogen-bond donors (Lipinski definition) is 0. The number of rotatable bonds is 5. The van der Waals surface area contributed by atoms with Gasteiger partial charge in [0.05, 0.1) is 6.10 Å². The fraction of sp³-hybridized carbons (Fsp3) is 0.500. The molecule has 100 valence electrons. The Morgan fingerprint density at radius 2 is 1.78 bits per heavy atom. The second-order valence-corrected chi connectivity index (χ2v) is 11.1. The van der Waals surface area contributed by atoms with Crippen LogP contribution in [-0.2, 0) is 4.43 Å². The summed E-state index contributed by atoms with van der Waals surface area (Å²) in [5.41, 5.74) is 1.25. The molecule has 0 aliphatic carbocycles. The van der Waals surface area contributed by atoms with Gasteiger partial charge in [-0.25, -0.2) is 0 Å². The summed E-state index contributed by atoms with van der Waals surface area (Å²) < 4.78 is 6.50. The van der Waals surface area contributed by atoms with Crippen molar-refractivity contribution >= 4 is 8.32 Å². The van der Waals surface area contributed by atoms with E-state index < -0.39 is 8.32 Å². The van der Waals surface area contributed by atoms with Crippen molar-refractivity contribution in [2.75, 3.05) is 0 Å². The molecule has 0 saturated carbocycles. The fourth-order valence-electron chi connectivity index (χ4n) is 1.60. The first-order valence-electron chi connectivity index (χ1n) is 6.61. The molecule has 0 bridgehead atoms. The van der Waals surface area contributed by atoms with Crippen LogP contribution < -0.4 is 0 Å². The molecule has 18 heavy (non-hydrogen) atoms. The molecule has 1 aromatic rings. The summed E-state index contributed by atoms with van der Waals surface area (Å²) in [7, 11) is -1.74. The average molecular weight is 262 g/mol. The second kappa shape index (κ2) is 5.85. The first-order chi connectivity index (χ1) is 8.28. The minimum Gasteiger partial charge on any atom is -0.410 e. The Kier molecular flexibility index (Phi) is 4.94. The van der Waals surface area contributed by atoms with Gasteiger partial charge in [-0.2, -0.15) is 0 Å². The molecular weight excluding hydrogens is 236 g/mol. The average Bonchev–Trinajstić information content (AvgIpc) is 2.28. The van der Waals surface area contributed by atoms with Crippen LogP contribution in [0.4, 0.5) is 0 Å². The van der Waals surface area contributed by atoms with Crippen LogP contribution in [0.15, 0.2) is 43.0 Å². The zero-order valence-electron chi connectivity index (χ0n) is 12.4. The smallest absolute Gasteiger partial charge is 0.192 e. The highest BCUT2D eigenvalue weighted by Gasteiger charge is 2.39. The lowest BCUT2D eigenvalue weighted by Gasteiger charge is -2.39. The largest absolute Gasteiger partial charge is 0.410 e. The lowest BCUT2D eigenvalue weighted by Crippen LogP contribution is -2.41. The summed E-state index contributed by atoms with van der Waals surface area (Å²) in [6.07, 6.45) is 2.96. The van der Waals surface area contributed by atoms with E-state index in [2.05, 4.69) is 64.7 Å². The van der Waals surface area contributed by atoms with Gasteiger partial charge in [-0.15, -0.1) is 6.58 Å². The maximum atomic E-state index is 6.50. The van der Waals surface area contributed by atoms with Gasteiger partial charge in [0, 0.05) is 0 Å². The molecule has 1 atom stereocenters. The maximum Gasteiger partial charge on any atom is 0.192 e. The topological polar surface area (TPSA) is 9.23 Å². The van der Waals surface area contributed by atoms with E-state index in [4.69, 9.17) is 4.43 Å². The van der Waals surface area contributed by atoms with E-state index in [-0.39, 0.29) is 11.1 Å². The molecule has 0 amide bonds. The van der Waals surface area contributed by atoms with Gasteiger partial charge < -0.3 is 4.43 Å². The molecule has 0 radical (unpaired) electrons. The molecule has 1 rings (SSSR count). The molecule has 0 aromatic heterocycles. The van der Waals surface area contributed by atoms with Gasteiger partial charge in [0.1, 0.15) is 0 Å². The third kappa shape index (κ3) is 3.82. The van der Waals surface area contributed by atoms with Crippen LogP contribution in [-0.4, -0.2) is 8.32 Å². The molecule has 0 unspecified atom stereocenters. The van der Waals surface area contributed by atoms with Crippen molar-refractivity contribution in [1.82, 2.24) is 0 Å². The molecule has 0 fully saturated rings. The van der Waals surface area contributed by atoms with E-state index in [0.29, 0.717) is 0 Å². The van der Waals surface area contributed by atoms with Crippen molar-refractivity contribution in [3.05, 3.63) is 48.6 Å². The standard InChI is InChI=1S/C16H26OSi/c1-7-11-15(14-12-9-8-10-13-14)17-18(5,6)16(2,3)4/h7-10,12-13,15H,1,11H2,2-6H3/t15-/m0/s1. The van der Waals surface area contributed by atoms with Crippen molar-refractivity contribution in [1.29, 1.82) is 0 Å². The van der Waals surface area contributed by atoms with Crippen LogP contribution in [0.25, 0.3) is 0 Å². The highest BCUT2D eigenvalue weighted by Crippen LogP contribution is 2.40. The van der Waals surface area contributed by atoms with Crippen molar-refractivity contribution < 1.29 is 4.43 Å². The predicted octanol–water partition coefficient (Wildman–Crippen LogP) is 5.33. The Morgan fingerprint density at radius 1 is 1.22 bits per heavy atom. The second-order valence-electron chi connectivity index (χ2n) is 6.30. The van der Waals surface area contributed by atoms with Crippen molar-refractivity contribution in [3.8, 4) is 0 Å². The number of benzene rings is 1. The lowest BCUT2D eigenvalue weighted by molar-refractivity contribution is 0.187. The van der Waals surface area contributed by atoms with Gasteiger partial charge in [0.15, 0.2) is 8.32 Å².